The molecular weight excluding hydrogens is 234 g/mol. The third kappa shape index (κ3) is 2.42. The van der Waals surface area contributed by atoms with Gasteiger partial charge in [-0.25, -0.2) is 14.6 Å². The molecule has 0 saturated heterocycles. The fourth-order valence-corrected chi connectivity index (χ4v) is 1.58. The Kier molecular flexibility index (Phi) is 3.18. The molecule has 0 aromatic carbocycles. The Bertz CT molecular complexity index is 649. The Morgan fingerprint density at radius 3 is 2.89 bits per heavy atom. The van der Waals surface area contributed by atoms with Gasteiger partial charge in [0.2, 0.25) is 0 Å². The Hall–Kier alpha value is -2.50. The van der Waals surface area contributed by atoms with Crippen molar-refractivity contribution >= 4 is 5.97 Å². The number of carboxylic acid groups (broad SMARTS) is 1. The monoisotopic (exact) mass is 245 g/mol. The Morgan fingerprint density at radius 2 is 2.22 bits per heavy atom. The number of aromatic carboxylic acids is 1. The van der Waals surface area contributed by atoms with Gasteiger partial charge in [0.05, 0.1) is 6.54 Å². The van der Waals surface area contributed by atoms with E-state index in [1.54, 1.807) is 31.3 Å². The van der Waals surface area contributed by atoms with Gasteiger partial charge in [0, 0.05) is 23.7 Å². The summed E-state index contributed by atoms with van der Waals surface area (Å²) < 4.78 is 1.34. The lowest BCUT2D eigenvalue weighted by Gasteiger charge is -2.07. The molecule has 2 rings (SSSR count). The average Bonchev–Trinajstić information content (AvgIpc) is 2.33. The summed E-state index contributed by atoms with van der Waals surface area (Å²) in [5.41, 5.74) is 0.638. The first kappa shape index (κ1) is 12.0. The third-order valence-corrected chi connectivity index (χ3v) is 2.45. The van der Waals surface area contributed by atoms with Crippen LogP contribution < -0.4 is 5.69 Å². The first-order valence-corrected chi connectivity index (χ1v) is 5.29. The second-order valence-corrected chi connectivity index (χ2v) is 3.80. The van der Waals surface area contributed by atoms with E-state index in [0.717, 1.165) is 0 Å². The molecule has 0 aliphatic carbocycles. The Balaban J connectivity index is 2.40. The minimum absolute atomic E-state index is 0.0509. The lowest BCUT2D eigenvalue weighted by atomic mass is 10.2. The highest BCUT2D eigenvalue weighted by molar-refractivity contribution is 5.86. The van der Waals surface area contributed by atoms with Crippen molar-refractivity contribution in [2.45, 2.75) is 13.5 Å². The minimum atomic E-state index is -1.11. The Labute approximate surface area is 103 Å². The number of aromatic nitrogens is 3. The Morgan fingerprint density at radius 1 is 1.44 bits per heavy atom. The van der Waals surface area contributed by atoms with Crippen LogP contribution in [0.25, 0.3) is 0 Å². The topological polar surface area (TPSA) is 85.1 Å². The predicted molar refractivity (Wildman–Crippen MR) is 63.5 cm³/mol. The summed E-state index contributed by atoms with van der Waals surface area (Å²) in [4.78, 5) is 30.2. The SMILES string of the molecule is Cc1ccn(Cc2cccnc2C(=O)O)c(=O)n1. The number of rotatable bonds is 3. The molecule has 0 radical (unpaired) electrons. The van der Waals surface area contributed by atoms with Crippen LogP contribution in [0.4, 0.5) is 0 Å². The maximum Gasteiger partial charge on any atom is 0.354 e. The molecule has 6 nitrogen and oxygen atoms in total. The summed E-state index contributed by atoms with van der Waals surface area (Å²) in [6.07, 6.45) is 2.99. The zero-order valence-electron chi connectivity index (χ0n) is 9.70. The largest absolute Gasteiger partial charge is 0.477 e. The summed E-state index contributed by atoms with van der Waals surface area (Å²) >= 11 is 0. The van der Waals surface area contributed by atoms with Crippen LogP contribution in [0.5, 0.6) is 0 Å². The van der Waals surface area contributed by atoms with E-state index in [-0.39, 0.29) is 12.2 Å². The second-order valence-electron chi connectivity index (χ2n) is 3.80. The molecule has 0 bridgehead atoms. The lowest BCUT2D eigenvalue weighted by Crippen LogP contribution is -2.24. The number of pyridine rings is 1. The van der Waals surface area contributed by atoms with Gasteiger partial charge in [-0.15, -0.1) is 0 Å². The first-order valence-electron chi connectivity index (χ1n) is 5.29. The number of carbonyl (C=O) groups is 1. The smallest absolute Gasteiger partial charge is 0.354 e. The van der Waals surface area contributed by atoms with Crippen LogP contribution in [0.3, 0.4) is 0 Å². The number of aryl methyl sites for hydroxylation is 1. The van der Waals surface area contributed by atoms with Gasteiger partial charge in [0.25, 0.3) is 0 Å². The van der Waals surface area contributed by atoms with Gasteiger partial charge in [-0.1, -0.05) is 6.07 Å². The molecule has 0 unspecified atom stereocenters. The normalized spacial score (nSPS) is 10.3. The molecule has 6 heteroatoms. The van der Waals surface area contributed by atoms with E-state index in [1.807, 2.05) is 0 Å². The number of hydrogen-bond acceptors (Lipinski definition) is 4. The van der Waals surface area contributed by atoms with E-state index in [9.17, 15) is 9.59 Å². The van der Waals surface area contributed by atoms with Crippen molar-refractivity contribution in [2.75, 3.05) is 0 Å². The van der Waals surface area contributed by atoms with Crippen molar-refractivity contribution in [3.8, 4) is 0 Å². The standard InChI is InChI=1S/C12H11N3O3/c1-8-4-6-15(12(18)14-8)7-9-3-2-5-13-10(9)11(16)17/h2-6H,7H2,1H3,(H,16,17). The van der Waals surface area contributed by atoms with Crippen molar-refractivity contribution in [3.63, 3.8) is 0 Å². The molecule has 2 heterocycles. The van der Waals surface area contributed by atoms with E-state index < -0.39 is 11.7 Å². The van der Waals surface area contributed by atoms with Crippen LogP contribution in [0, 0.1) is 6.92 Å². The minimum Gasteiger partial charge on any atom is -0.477 e. The molecule has 2 aromatic rings. The maximum atomic E-state index is 11.6. The van der Waals surface area contributed by atoms with Crippen molar-refractivity contribution in [1.29, 1.82) is 0 Å². The van der Waals surface area contributed by atoms with Gasteiger partial charge in [0.1, 0.15) is 0 Å². The molecular formula is C12H11N3O3. The van der Waals surface area contributed by atoms with Crippen molar-refractivity contribution in [1.82, 2.24) is 14.5 Å². The second kappa shape index (κ2) is 4.79. The molecule has 0 fully saturated rings. The zero-order valence-corrected chi connectivity index (χ0v) is 9.70. The maximum absolute atomic E-state index is 11.6. The summed E-state index contributed by atoms with van der Waals surface area (Å²) in [7, 11) is 0. The lowest BCUT2D eigenvalue weighted by molar-refractivity contribution is 0.0689. The number of hydrogen-bond donors (Lipinski definition) is 1. The number of carboxylic acids is 1. The molecule has 0 saturated carbocycles. The van der Waals surface area contributed by atoms with Gasteiger partial charge < -0.3 is 5.11 Å². The van der Waals surface area contributed by atoms with E-state index in [1.165, 1.54) is 10.8 Å². The molecule has 0 aliphatic heterocycles. The highest BCUT2D eigenvalue weighted by Gasteiger charge is 2.11. The highest BCUT2D eigenvalue weighted by Crippen LogP contribution is 2.06. The molecule has 0 spiro atoms. The summed E-state index contributed by atoms with van der Waals surface area (Å²) in [5, 5.41) is 8.99. The quantitative estimate of drug-likeness (QED) is 0.860. The van der Waals surface area contributed by atoms with Gasteiger partial charge >= 0.3 is 11.7 Å². The van der Waals surface area contributed by atoms with E-state index >= 15 is 0 Å². The molecule has 0 amide bonds. The fraction of sp³-hybridized carbons (Fsp3) is 0.167. The first-order chi connectivity index (χ1) is 8.58. The summed E-state index contributed by atoms with van der Waals surface area (Å²) in [6.45, 7) is 1.86. The van der Waals surface area contributed by atoms with Crippen LogP contribution in [0.2, 0.25) is 0 Å². The molecule has 92 valence electrons. The van der Waals surface area contributed by atoms with Crippen LogP contribution in [0.1, 0.15) is 21.7 Å². The van der Waals surface area contributed by atoms with Crippen LogP contribution in [-0.2, 0) is 6.54 Å². The van der Waals surface area contributed by atoms with Crippen molar-refractivity contribution < 1.29 is 9.90 Å². The van der Waals surface area contributed by atoms with E-state index in [2.05, 4.69) is 9.97 Å². The summed E-state index contributed by atoms with van der Waals surface area (Å²) in [6, 6.07) is 4.95. The fourth-order valence-electron chi connectivity index (χ4n) is 1.58. The molecule has 18 heavy (non-hydrogen) atoms. The van der Waals surface area contributed by atoms with E-state index in [4.69, 9.17) is 5.11 Å². The molecule has 1 N–H and O–H groups in total. The molecule has 0 aliphatic rings. The predicted octanol–water partition coefficient (Wildman–Crippen LogP) is 0.693. The third-order valence-electron chi connectivity index (χ3n) is 2.45. The molecule has 2 aromatic heterocycles. The van der Waals surface area contributed by atoms with Gasteiger partial charge in [0.15, 0.2) is 5.69 Å². The van der Waals surface area contributed by atoms with Crippen molar-refractivity contribution in [3.05, 3.63) is 58.0 Å². The summed E-state index contributed by atoms with van der Waals surface area (Å²) in [5.74, 6) is -1.11. The highest BCUT2D eigenvalue weighted by atomic mass is 16.4. The van der Waals surface area contributed by atoms with Gasteiger partial charge in [-0.2, -0.15) is 4.98 Å². The molecule has 0 atom stereocenters. The van der Waals surface area contributed by atoms with Gasteiger partial charge in [-0.05, 0) is 19.1 Å². The number of nitrogens with zero attached hydrogens (tertiary/aromatic N) is 3. The van der Waals surface area contributed by atoms with Crippen LogP contribution in [0.15, 0.2) is 35.4 Å². The average molecular weight is 245 g/mol. The van der Waals surface area contributed by atoms with Gasteiger partial charge in [-0.3, -0.25) is 4.57 Å². The van der Waals surface area contributed by atoms with Crippen LogP contribution in [-0.4, -0.2) is 25.6 Å². The van der Waals surface area contributed by atoms with Crippen molar-refractivity contribution in [2.24, 2.45) is 0 Å². The van der Waals surface area contributed by atoms with E-state index in [0.29, 0.717) is 11.3 Å². The zero-order chi connectivity index (χ0) is 13.1. The van der Waals surface area contributed by atoms with Crippen LogP contribution >= 0.6 is 0 Å².